The summed E-state index contributed by atoms with van der Waals surface area (Å²) in [6.07, 6.45) is 5.35. The van der Waals surface area contributed by atoms with Crippen molar-refractivity contribution < 1.29 is 9.53 Å². The van der Waals surface area contributed by atoms with Gasteiger partial charge in [-0.05, 0) is 0 Å². The average molecular weight is 224 g/mol. The Morgan fingerprint density at radius 1 is 1.62 bits per heavy atom. The van der Waals surface area contributed by atoms with Crippen LogP contribution in [0.25, 0.3) is 0 Å². The van der Waals surface area contributed by atoms with Crippen LogP contribution in [-0.4, -0.2) is 53.2 Å². The molecule has 0 spiro atoms. The number of likely N-dealkylation sites (tertiary alicyclic amines) is 1. The second-order valence-corrected chi connectivity index (χ2v) is 3.85. The van der Waals surface area contributed by atoms with Crippen molar-refractivity contribution in [2.45, 2.75) is 12.1 Å². The Morgan fingerprint density at radius 3 is 3.00 bits per heavy atom. The van der Waals surface area contributed by atoms with Crippen molar-refractivity contribution in [3.63, 3.8) is 0 Å². The first-order valence-corrected chi connectivity index (χ1v) is 5.24. The van der Waals surface area contributed by atoms with Gasteiger partial charge in [0.2, 0.25) is 5.91 Å². The van der Waals surface area contributed by atoms with Crippen molar-refractivity contribution in [2.75, 3.05) is 26.7 Å². The molecule has 1 aliphatic rings. The fourth-order valence-corrected chi connectivity index (χ4v) is 2.07. The van der Waals surface area contributed by atoms with Gasteiger partial charge >= 0.3 is 0 Å². The van der Waals surface area contributed by atoms with Gasteiger partial charge in [-0.2, -0.15) is 0 Å². The van der Waals surface area contributed by atoms with Crippen molar-refractivity contribution in [1.29, 1.82) is 0 Å². The van der Waals surface area contributed by atoms with Gasteiger partial charge in [0.25, 0.3) is 0 Å². The molecule has 0 saturated carbocycles. The van der Waals surface area contributed by atoms with Crippen LogP contribution < -0.4 is 5.73 Å². The van der Waals surface area contributed by atoms with Crippen LogP contribution in [0.3, 0.4) is 0 Å². The molecule has 1 saturated heterocycles. The molecule has 1 aromatic heterocycles. The highest BCUT2D eigenvalue weighted by Gasteiger charge is 2.35. The van der Waals surface area contributed by atoms with E-state index < -0.39 is 0 Å². The molecule has 2 rings (SSSR count). The van der Waals surface area contributed by atoms with Gasteiger partial charge < -0.3 is 19.9 Å². The van der Waals surface area contributed by atoms with Crippen LogP contribution in [-0.2, 0) is 9.53 Å². The molecule has 1 aromatic rings. The highest BCUT2D eigenvalue weighted by atomic mass is 16.5. The summed E-state index contributed by atoms with van der Waals surface area (Å²) in [6, 6.07) is 0.128. The normalized spacial score (nSPS) is 25.0. The van der Waals surface area contributed by atoms with Crippen molar-refractivity contribution >= 4 is 5.91 Å². The molecule has 88 valence electrons. The number of rotatable bonds is 3. The predicted molar refractivity (Wildman–Crippen MR) is 57.7 cm³/mol. The number of hydrogen-bond acceptors (Lipinski definition) is 4. The molecule has 0 aliphatic carbocycles. The summed E-state index contributed by atoms with van der Waals surface area (Å²) in [4.78, 5) is 17.3. The zero-order valence-corrected chi connectivity index (χ0v) is 9.24. The molecule has 0 bridgehead atoms. The van der Waals surface area contributed by atoms with E-state index in [0.717, 1.165) is 0 Å². The van der Waals surface area contributed by atoms with Crippen molar-refractivity contribution in [2.24, 2.45) is 5.73 Å². The SMILES string of the molecule is CO[C@@H]1CN(C(=O)CN)C[C@H]1n1ccnc1. The average Bonchev–Trinajstić information content (AvgIpc) is 2.95. The summed E-state index contributed by atoms with van der Waals surface area (Å²) < 4.78 is 7.36. The number of aromatic nitrogens is 2. The molecule has 0 unspecified atom stereocenters. The van der Waals surface area contributed by atoms with Crippen LogP contribution in [0.4, 0.5) is 0 Å². The lowest BCUT2D eigenvalue weighted by Crippen LogP contribution is -2.34. The molecular formula is C10H16N4O2. The Labute approximate surface area is 94.0 Å². The lowest BCUT2D eigenvalue weighted by Gasteiger charge is -2.17. The van der Waals surface area contributed by atoms with Crippen LogP contribution in [0.15, 0.2) is 18.7 Å². The molecule has 0 radical (unpaired) electrons. The van der Waals surface area contributed by atoms with Gasteiger partial charge in [0.15, 0.2) is 0 Å². The maximum absolute atomic E-state index is 11.5. The Morgan fingerprint density at radius 2 is 2.44 bits per heavy atom. The van der Waals surface area contributed by atoms with E-state index >= 15 is 0 Å². The van der Waals surface area contributed by atoms with E-state index in [2.05, 4.69) is 4.98 Å². The van der Waals surface area contributed by atoms with E-state index in [-0.39, 0.29) is 24.6 Å². The van der Waals surface area contributed by atoms with Crippen LogP contribution in [0, 0.1) is 0 Å². The number of hydrogen-bond donors (Lipinski definition) is 1. The Kier molecular flexibility index (Phi) is 3.21. The molecule has 2 heterocycles. The fraction of sp³-hybridized carbons (Fsp3) is 0.600. The Hall–Kier alpha value is -1.40. The van der Waals surface area contributed by atoms with Gasteiger partial charge in [-0.15, -0.1) is 0 Å². The van der Waals surface area contributed by atoms with E-state index in [1.165, 1.54) is 0 Å². The number of nitrogens with two attached hydrogens (primary N) is 1. The Bertz CT molecular complexity index is 352. The number of methoxy groups -OCH3 is 1. The van der Waals surface area contributed by atoms with E-state index in [4.69, 9.17) is 10.5 Å². The van der Waals surface area contributed by atoms with E-state index in [9.17, 15) is 4.79 Å². The summed E-state index contributed by atoms with van der Waals surface area (Å²) in [5.74, 6) is -0.0373. The minimum Gasteiger partial charge on any atom is -0.377 e. The zero-order chi connectivity index (χ0) is 11.5. The third-order valence-corrected chi connectivity index (χ3v) is 2.97. The lowest BCUT2D eigenvalue weighted by atomic mass is 10.2. The van der Waals surface area contributed by atoms with Crippen molar-refractivity contribution in [3.8, 4) is 0 Å². The number of carbonyl (C=O) groups is 1. The number of ether oxygens (including phenoxy) is 1. The first-order chi connectivity index (χ1) is 7.76. The summed E-state index contributed by atoms with van der Waals surface area (Å²) >= 11 is 0. The Balaban J connectivity index is 2.11. The zero-order valence-electron chi connectivity index (χ0n) is 9.24. The van der Waals surface area contributed by atoms with Gasteiger partial charge in [-0.3, -0.25) is 4.79 Å². The van der Waals surface area contributed by atoms with Crippen LogP contribution in [0.2, 0.25) is 0 Å². The second-order valence-electron chi connectivity index (χ2n) is 3.85. The van der Waals surface area contributed by atoms with Crippen LogP contribution >= 0.6 is 0 Å². The molecule has 0 aromatic carbocycles. The largest absolute Gasteiger partial charge is 0.377 e. The smallest absolute Gasteiger partial charge is 0.236 e. The highest BCUT2D eigenvalue weighted by Crippen LogP contribution is 2.23. The van der Waals surface area contributed by atoms with Crippen LogP contribution in [0.1, 0.15) is 6.04 Å². The number of carbonyl (C=O) groups excluding carboxylic acids is 1. The maximum Gasteiger partial charge on any atom is 0.236 e. The third-order valence-electron chi connectivity index (χ3n) is 2.97. The van der Waals surface area contributed by atoms with Crippen molar-refractivity contribution in [1.82, 2.24) is 14.5 Å². The number of amides is 1. The molecule has 1 fully saturated rings. The third kappa shape index (κ3) is 1.94. The summed E-state index contributed by atoms with van der Waals surface area (Å²) in [5.41, 5.74) is 5.35. The van der Waals surface area contributed by atoms with Crippen LogP contribution in [0.5, 0.6) is 0 Å². The molecule has 1 amide bonds. The first-order valence-electron chi connectivity index (χ1n) is 5.24. The molecule has 6 heteroatoms. The van der Waals surface area contributed by atoms with Gasteiger partial charge in [0, 0.05) is 32.6 Å². The monoisotopic (exact) mass is 224 g/mol. The quantitative estimate of drug-likeness (QED) is 0.732. The molecule has 1 aliphatic heterocycles. The van der Waals surface area contributed by atoms with E-state index in [1.54, 1.807) is 24.5 Å². The summed E-state index contributed by atoms with van der Waals surface area (Å²) in [6.45, 7) is 1.27. The van der Waals surface area contributed by atoms with Gasteiger partial charge in [0.1, 0.15) is 0 Å². The number of imidazole rings is 1. The molecule has 2 N–H and O–H groups in total. The van der Waals surface area contributed by atoms with E-state index in [0.29, 0.717) is 13.1 Å². The van der Waals surface area contributed by atoms with Crippen molar-refractivity contribution in [3.05, 3.63) is 18.7 Å². The minimum absolute atomic E-state index is 0.00435. The molecule has 2 atom stereocenters. The summed E-state index contributed by atoms with van der Waals surface area (Å²) in [5, 5.41) is 0. The molecule has 16 heavy (non-hydrogen) atoms. The fourth-order valence-electron chi connectivity index (χ4n) is 2.07. The molecular weight excluding hydrogens is 208 g/mol. The molecule has 6 nitrogen and oxygen atoms in total. The predicted octanol–water partition coefficient (Wildman–Crippen LogP) is -0.760. The highest BCUT2D eigenvalue weighted by molar-refractivity contribution is 5.78. The lowest BCUT2D eigenvalue weighted by molar-refractivity contribution is -0.129. The second kappa shape index (κ2) is 4.63. The topological polar surface area (TPSA) is 73.4 Å². The van der Waals surface area contributed by atoms with E-state index in [1.807, 2.05) is 10.8 Å². The van der Waals surface area contributed by atoms with Gasteiger partial charge in [0.05, 0.1) is 25.0 Å². The number of nitrogens with zero attached hydrogens (tertiary/aromatic N) is 3. The van der Waals surface area contributed by atoms with Gasteiger partial charge in [-0.25, -0.2) is 4.98 Å². The minimum atomic E-state index is -0.0373. The summed E-state index contributed by atoms with van der Waals surface area (Å²) in [7, 11) is 1.66. The first kappa shape index (κ1) is 11.1. The van der Waals surface area contributed by atoms with Gasteiger partial charge in [-0.1, -0.05) is 0 Å². The maximum atomic E-state index is 11.5. The standard InChI is InChI=1S/C10H16N4O2/c1-16-9-6-14(10(15)4-11)5-8(9)13-3-2-12-7-13/h2-3,7-9H,4-6,11H2,1H3/t8-,9-/m1/s1.